The van der Waals surface area contributed by atoms with Crippen LogP contribution in [0.4, 0.5) is 5.82 Å². The molecule has 0 saturated heterocycles. The standard InChI is InChI=1S/C9H11N3O2/c1-6-3-7(9(14)10-2)4-8(12-6)11-5-13/h3-5H,1-2H3,(H,10,14)(H,11,12,13). The van der Waals surface area contributed by atoms with Gasteiger partial charge < -0.3 is 10.6 Å². The molecular weight excluding hydrogens is 182 g/mol. The molecule has 74 valence electrons. The molecule has 2 N–H and O–H groups in total. The van der Waals surface area contributed by atoms with E-state index in [9.17, 15) is 9.59 Å². The summed E-state index contributed by atoms with van der Waals surface area (Å²) in [4.78, 5) is 25.5. The second kappa shape index (κ2) is 4.36. The fourth-order valence-corrected chi connectivity index (χ4v) is 1.08. The van der Waals surface area contributed by atoms with Crippen molar-refractivity contribution in [3.8, 4) is 0 Å². The average Bonchev–Trinajstić information content (AvgIpc) is 2.16. The highest BCUT2D eigenvalue weighted by atomic mass is 16.1. The number of hydrogen-bond donors (Lipinski definition) is 2. The molecule has 0 aliphatic carbocycles. The smallest absolute Gasteiger partial charge is 0.251 e. The molecule has 14 heavy (non-hydrogen) atoms. The average molecular weight is 193 g/mol. The lowest BCUT2D eigenvalue weighted by atomic mass is 10.2. The van der Waals surface area contributed by atoms with E-state index in [-0.39, 0.29) is 5.91 Å². The van der Waals surface area contributed by atoms with E-state index in [0.29, 0.717) is 23.5 Å². The van der Waals surface area contributed by atoms with Crippen LogP contribution in [-0.4, -0.2) is 24.3 Å². The lowest BCUT2D eigenvalue weighted by Gasteiger charge is -2.04. The molecule has 0 fully saturated rings. The number of rotatable bonds is 3. The summed E-state index contributed by atoms with van der Waals surface area (Å²) < 4.78 is 0. The molecule has 5 heteroatoms. The van der Waals surface area contributed by atoms with Crippen molar-refractivity contribution in [3.63, 3.8) is 0 Å². The molecule has 1 aromatic heterocycles. The van der Waals surface area contributed by atoms with Gasteiger partial charge in [0.05, 0.1) is 0 Å². The molecule has 1 aromatic rings. The lowest BCUT2D eigenvalue weighted by Crippen LogP contribution is -2.18. The molecule has 0 aliphatic heterocycles. The van der Waals surface area contributed by atoms with E-state index in [1.165, 1.54) is 6.07 Å². The highest BCUT2D eigenvalue weighted by molar-refractivity contribution is 5.95. The number of pyridine rings is 1. The van der Waals surface area contributed by atoms with Gasteiger partial charge in [-0.2, -0.15) is 0 Å². The van der Waals surface area contributed by atoms with E-state index in [1.54, 1.807) is 20.0 Å². The van der Waals surface area contributed by atoms with Gasteiger partial charge in [-0.3, -0.25) is 9.59 Å². The molecule has 0 atom stereocenters. The maximum atomic E-state index is 11.3. The molecule has 1 rings (SSSR count). The number of hydrogen-bond acceptors (Lipinski definition) is 3. The van der Waals surface area contributed by atoms with Gasteiger partial charge in [-0.25, -0.2) is 4.98 Å². The van der Waals surface area contributed by atoms with Crippen LogP contribution in [-0.2, 0) is 4.79 Å². The molecule has 5 nitrogen and oxygen atoms in total. The number of aromatic nitrogens is 1. The van der Waals surface area contributed by atoms with E-state index < -0.39 is 0 Å². The predicted molar refractivity (Wildman–Crippen MR) is 52.1 cm³/mol. The van der Waals surface area contributed by atoms with Crippen LogP contribution in [0.5, 0.6) is 0 Å². The SMILES string of the molecule is CNC(=O)c1cc(C)nc(NC=O)c1. The molecule has 0 aliphatic rings. The Bertz CT molecular complexity index is 363. The first-order chi connectivity index (χ1) is 6.67. The number of carbonyl (C=O) groups excluding carboxylic acids is 2. The zero-order chi connectivity index (χ0) is 10.6. The summed E-state index contributed by atoms with van der Waals surface area (Å²) in [6.07, 6.45) is 0.523. The summed E-state index contributed by atoms with van der Waals surface area (Å²) in [7, 11) is 1.55. The Labute approximate surface area is 81.5 Å². The van der Waals surface area contributed by atoms with Crippen LogP contribution in [0.15, 0.2) is 12.1 Å². The fraction of sp³-hybridized carbons (Fsp3) is 0.222. The van der Waals surface area contributed by atoms with Crippen molar-refractivity contribution in [1.82, 2.24) is 10.3 Å². The van der Waals surface area contributed by atoms with Crippen molar-refractivity contribution in [3.05, 3.63) is 23.4 Å². The van der Waals surface area contributed by atoms with Gasteiger partial charge in [0.25, 0.3) is 5.91 Å². The molecule has 0 saturated carbocycles. The van der Waals surface area contributed by atoms with E-state index in [1.807, 2.05) is 0 Å². The molecule has 0 bridgehead atoms. The number of carbonyl (C=O) groups is 2. The van der Waals surface area contributed by atoms with Gasteiger partial charge >= 0.3 is 0 Å². The normalized spacial score (nSPS) is 9.29. The van der Waals surface area contributed by atoms with Crippen LogP contribution in [0.2, 0.25) is 0 Å². The maximum Gasteiger partial charge on any atom is 0.251 e. The molecule has 0 unspecified atom stereocenters. The van der Waals surface area contributed by atoms with Crippen LogP contribution >= 0.6 is 0 Å². The monoisotopic (exact) mass is 193 g/mol. The third-order valence-corrected chi connectivity index (χ3v) is 1.65. The van der Waals surface area contributed by atoms with E-state index in [2.05, 4.69) is 15.6 Å². The summed E-state index contributed by atoms with van der Waals surface area (Å²) in [5, 5.41) is 4.89. The van der Waals surface area contributed by atoms with Crippen molar-refractivity contribution in [1.29, 1.82) is 0 Å². The van der Waals surface area contributed by atoms with Gasteiger partial charge in [-0.05, 0) is 19.1 Å². The Morgan fingerprint density at radius 1 is 1.50 bits per heavy atom. The highest BCUT2D eigenvalue weighted by Gasteiger charge is 2.05. The zero-order valence-electron chi connectivity index (χ0n) is 8.00. The minimum absolute atomic E-state index is 0.204. The number of anilines is 1. The van der Waals surface area contributed by atoms with E-state index >= 15 is 0 Å². The largest absolute Gasteiger partial charge is 0.355 e. The van der Waals surface area contributed by atoms with Crippen molar-refractivity contribution < 1.29 is 9.59 Å². The second-order valence-corrected chi connectivity index (χ2v) is 2.72. The first-order valence-electron chi connectivity index (χ1n) is 4.08. The highest BCUT2D eigenvalue weighted by Crippen LogP contribution is 2.09. The predicted octanol–water partition coefficient (Wildman–Crippen LogP) is 0.318. The Morgan fingerprint density at radius 3 is 2.79 bits per heavy atom. The van der Waals surface area contributed by atoms with Crippen LogP contribution in [0.25, 0.3) is 0 Å². The van der Waals surface area contributed by atoms with Crippen LogP contribution in [0.3, 0.4) is 0 Å². The first kappa shape index (κ1) is 10.2. The van der Waals surface area contributed by atoms with Crippen molar-refractivity contribution in [2.75, 3.05) is 12.4 Å². The molecule has 1 heterocycles. The molecular formula is C9H11N3O2. The third kappa shape index (κ3) is 2.29. The van der Waals surface area contributed by atoms with Gasteiger partial charge in [0.15, 0.2) is 0 Å². The summed E-state index contributed by atoms with van der Waals surface area (Å²) in [5.74, 6) is 0.169. The number of nitrogens with one attached hydrogen (secondary N) is 2. The number of amides is 2. The van der Waals surface area contributed by atoms with E-state index in [4.69, 9.17) is 0 Å². The summed E-state index contributed by atoms with van der Waals surface area (Å²) in [5.41, 5.74) is 1.15. The van der Waals surface area contributed by atoms with Gasteiger partial charge in [-0.15, -0.1) is 0 Å². The summed E-state index contributed by atoms with van der Waals surface area (Å²) >= 11 is 0. The summed E-state index contributed by atoms with van der Waals surface area (Å²) in [6, 6.07) is 3.16. The first-order valence-corrected chi connectivity index (χ1v) is 4.08. The van der Waals surface area contributed by atoms with Crippen LogP contribution < -0.4 is 10.6 Å². The van der Waals surface area contributed by atoms with Gasteiger partial charge in [0, 0.05) is 18.3 Å². The Morgan fingerprint density at radius 2 is 2.21 bits per heavy atom. The quantitative estimate of drug-likeness (QED) is 0.679. The third-order valence-electron chi connectivity index (χ3n) is 1.65. The van der Waals surface area contributed by atoms with E-state index in [0.717, 1.165) is 0 Å². The topological polar surface area (TPSA) is 71.1 Å². The molecule has 2 amide bonds. The number of nitrogens with zero attached hydrogens (tertiary/aromatic N) is 1. The maximum absolute atomic E-state index is 11.3. The Hall–Kier alpha value is -1.91. The van der Waals surface area contributed by atoms with Gasteiger partial charge in [0.2, 0.25) is 6.41 Å². The minimum Gasteiger partial charge on any atom is -0.355 e. The van der Waals surface area contributed by atoms with Gasteiger partial charge in [-0.1, -0.05) is 0 Å². The van der Waals surface area contributed by atoms with Crippen LogP contribution in [0, 0.1) is 6.92 Å². The second-order valence-electron chi connectivity index (χ2n) is 2.72. The molecule has 0 aromatic carbocycles. The minimum atomic E-state index is -0.204. The lowest BCUT2D eigenvalue weighted by molar-refractivity contribution is -0.105. The van der Waals surface area contributed by atoms with Gasteiger partial charge in [0.1, 0.15) is 5.82 Å². The Balaban J connectivity index is 3.06. The summed E-state index contributed by atoms with van der Waals surface area (Å²) in [6.45, 7) is 1.75. The zero-order valence-corrected chi connectivity index (χ0v) is 8.00. The van der Waals surface area contributed by atoms with Crippen molar-refractivity contribution in [2.24, 2.45) is 0 Å². The van der Waals surface area contributed by atoms with Crippen molar-refractivity contribution in [2.45, 2.75) is 6.92 Å². The van der Waals surface area contributed by atoms with Crippen molar-refractivity contribution >= 4 is 18.1 Å². The number of aryl methyl sites for hydroxylation is 1. The Kier molecular flexibility index (Phi) is 3.17. The fourth-order valence-electron chi connectivity index (χ4n) is 1.08. The van der Waals surface area contributed by atoms with Crippen LogP contribution in [0.1, 0.15) is 16.1 Å². The molecule has 0 radical (unpaired) electrons. The molecule has 0 spiro atoms.